The molecule has 0 fully saturated rings. The number of benzene rings is 1. The number of carboxylic acid groups (broad SMARTS) is 1. The number of anilines is 2. The number of ether oxygens (including phenoxy) is 1. The highest BCUT2D eigenvalue weighted by Gasteiger charge is 2.27. The first-order chi connectivity index (χ1) is 15.0. The van der Waals surface area contributed by atoms with E-state index < -0.39 is 5.97 Å². The summed E-state index contributed by atoms with van der Waals surface area (Å²) in [6.45, 7) is 4.34. The van der Waals surface area contributed by atoms with E-state index in [2.05, 4.69) is 35.1 Å². The maximum Gasteiger partial charge on any atom is 0.335 e. The van der Waals surface area contributed by atoms with Gasteiger partial charge in [-0.05, 0) is 67.3 Å². The Morgan fingerprint density at radius 3 is 2.74 bits per heavy atom. The molecule has 0 amide bonds. The Morgan fingerprint density at radius 1 is 1.26 bits per heavy atom. The van der Waals surface area contributed by atoms with E-state index in [1.807, 2.05) is 24.4 Å². The molecule has 7 heteroatoms. The molecule has 0 saturated carbocycles. The van der Waals surface area contributed by atoms with E-state index in [-0.39, 0.29) is 5.56 Å². The Bertz CT molecular complexity index is 1130. The van der Waals surface area contributed by atoms with Gasteiger partial charge in [0.15, 0.2) is 0 Å². The standard InChI is InChI=1S/C24H24N4O3/c1-15-6-11-20-21(31-3)5-4-14-28(20)22(16(15)2)19-12-13-25-24(27-19)26-18-9-7-17(8-10-18)23(29)30/h4-5,7-15H,6H2,1-3H3,(H,29,30)(H,25,26,27). The van der Waals surface area contributed by atoms with E-state index >= 15 is 0 Å². The first-order valence-electron chi connectivity index (χ1n) is 10.0. The summed E-state index contributed by atoms with van der Waals surface area (Å²) in [6, 6.07) is 8.37. The van der Waals surface area contributed by atoms with E-state index in [4.69, 9.17) is 14.8 Å². The molecule has 3 heterocycles. The summed E-state index contributed by atoms with van der Waals surface area (Å²) in [5.74, 6) is 0.631. The molecule has 0 bridgehead atoms. The average Bonchev–Trinajstić information content (AvgIpc) is 2.90. The van der Waals surface area contributed by atoms with Crippen molar-refractivity contribution in [3.05, 3.63) is 89.2 Å². The number of nitrogens with zero attached hydrogens (tertiary/aromatic N) is 3. The van der Waals surface area contributed by atoms with E-state index in [0.717, 1.165) is 29.3 Å². The quantitative estimate of drug-likeness (QED) is 0.714. The number of hydrogen-bond donors (Lipinski definition) is 2. The van der Waals surface area contributed by atoms with Crippen molar-refractivity contribution in [2.24, 2.45) is 5.92 Å². The van der Waals surface area contributed by atoms with Crippen molar-refractivity contribution < 1.29 is 14.6 Å². The highest BCUT2D eigenvalue weighted by atomic mass is 16.5. The third-order valence-electron chi connectivity index (χ3n) is 5.52. The Hall–Kier alpha value is -3.87. The van der Waals surface area contributed by atoms with Gasteiger partial charge in [-0.2, -0.15) is 0 Å². The zero-order chi connectivity index (χ0) is 22.0. The number of methoxy groups -OCH3 is 1. The Balaban J connectivity index is 1.69. The van der Waals surface area contributed by atoms with Gasteiger partial charge in [0, 0.05) is 18.1 Å². The van der Waals surface area contributed by atoms with Crippen molar-refractivity contribution in [1.29, 1.82) is 0 Å². The zero-order valence-electron chi connectivity index (χ0n) is 17.7. The minimum atomic E-state index is -0.961. The van der Waals surface area contributed by atoms with Crippen LogP contribution in [0, 0.1) is 5.92 Å². The maximum absolute atomic E-state index is 11.1. The van der Waals surface area contributed by atoms with Crippen LogP contribution in [-0.4, -0.2) is 33.1 Å². The molecule has 1 unspecified atom stereocenters. The minimum Gasteiger partial charge on any atom is -0.495 e. The molecule has 158 valence electrons. The van der Waals surface area contributed by atoms with Gasteiger partial charge in [-0.15, -0.1) is 0 Å². The molecule has 2 aliphatic rings. The average molecular weight is 416 g/mol. The smallest absolute Gasteiger partial charge is 0.335 e. The van der Waals surface area contributed by atoms with Gasteiger partial charge in [0.1, 0.15) is 5.76 Å². The van der Waals surface area contributed by atoms with Crippen LogP contribution in [0.4, 0.5) is 11.6 Å². The monoisotopic (exact) mass is 416 g/mol. The molecule has 2 N–H and O–H groups in total. The summed E-state index contributed by atoms with van der Waals surface area (Å²) in [5, 5.41) is 12.2. The van der Waals surface area contributed by atoms with E-state index in [1.165, 1.54) is 5.57 Å². The van der Waals surface area contributed by atoms with Crippen LogP contribution in [0.15, 0.2) is 78.0 Å². The Kier molecular flexibility index (Phi) is 5.58. The fraction of sp³-hybridized carbons (Fsp3) is 0.208. The molecule has 0 saturated heterocycles. The fourth-order valence-corrected chi connectivity index (χ4v) is 3.66. The van der Waals surface area contributed by atoms with Crippen LogP contribution < -0.4 is 5.32 Å². The molecule has 7 nitrogen and oxygen atoms in total. The van der Waals surface area contributed by atoms with Crippen molar-refractivity contribution >= 4 is 23.3 Å². The first-order valence-corrected chi connectivity index (χ1v) is 10.0. The lowest BCUT2D eigenvalue weighted by molar-refractivity contribution is 0.0697. The summed E-state index contributed by atoms with van der Waals surface area (Å²) < 4.78 is 5.59. The van der Waals surface area contributed by atoms with Crippen LogP contribution in [0.1, 0.15) is 36.3 Å². The highest BCUT2D eigenvalue weighted by Crippen LogP contribution is 2.38. The van der Waals surface area contributed by atoms with Crippen molar-refractivity contribution in [1.82, 2.24) is 14.9 Å². The summed E-state index contributed by atoms with van der Waals surface area (Å²) >= 11 is 0. The number of rotatable bonds is 5. The highest BCUT2D eigenvalue weighted by molar-refractivity contribution is 5.88. The predicted molar refractivity (Wildman–Crippen MR) is 119 cm³/mol. The lowest BCUT2D eigenvalue weighted by Gasteiger charge is -2.29. The number of fused-ring (bicyclic) bond motifs is 1. The molecule has 1 aromatic carbocycles. The largest absolute Gasteiger partial charge is 0.495 e. The maximum atomic E-state index is 11.1. The number of carboxylic acids is 1. The van der Waals surface area contributed by atoms with Crippen LogP contribution in [0.3, 0.4) is 0 Å². The van der Waals surface area contributed by atoms with Gasteiger partial charge in [-0.3, -0.25) is 0 Å². The van der Waals surface area contributed by atoms with Crippen molar-refractivity contribution in [3.63, 3.8) is 0 Å². The van der Waals surface area contributed by atoms with Crippen LogP contribution in [-0.2, 0) is 4.74 Å². The summed E-state index contributed by atoms with van der Waals surface area (Å²) in [7, 11) is 1.68. The second-order valence-electron chi connectivity index (χ2n) is 7.48. The number of carbonyl (C=O) groups is 1. The normalized spacial score (nSPS) is 18.0. The van der Waals surface area contributed by atoms with Gasteiger partial charge in [0.25, 0.3) is 0 Å². The van der Waals surface area contributed by atoms with E-state index in [9.17, 15) is 4.79 Å². The van der Waals surface area contributed by atoms with Crippen molar-refractivity contribution in [3.8, 4) is 0 Å². The topological polar surface area (TPSA) is 87.6 Å². The predicted octanol–water partition coefficient (Wildman–Crippen LogP) is 4.93. The molecule has 2 aliphatic heterocycles. The van der Waals surface area contributed by atoms with E-state index in [1.54, 1.807) is 37.6 Å². The molecule has 1 aromatic heterocycles. The molecule has 31 heavy (non-hydrogen) atoms. The third-order valence-corrected chi connectivity index (χ3v) is 5.52. The molecule has 2 aromatic rings. The SMILES string of the molecule is COC1=CC=CN2C1=CCC(C)C(C)=C2c1ccnc(Nc2ccc(C(=O)O)cc2)n1. The number of aromatic carboxylic acids is 1. The van der Waals surface area contributed by atoms with E-state index in [0.29, 0.717) is 17.6 Å². The number of aromatic nitrogens is 2. The van der Waals surface area contributed by atoms with Gasteiger partial charge < -0.3 is 20.1 Å². The Morgan fingerprint density at radius 2 is 2.03 bits per heavy atom. The third kappa shape index (κ3) is 4.07. The fourth-order valence-electron chi connectivity index (χ4n) is 3.66. The second kappa shape index (κ2) is 8.47. The summed E-state index contributed by atoms with van der Waals surface area (Å²) in [4.78, 5) is 22.3. The molecule has 0 aliphatic carbocycles. The molecule has 1 atom stereocenters. The zero-order valence-corrected chi connectivity index (χ0v) is 17.7. The lowest BCUT2D eigenvalue weighted by Crippen LogP contribution is -2.21. The molecule has 0 spiro atoms. The summed E-state index contributed by atoms with van der Waals surface area (Å²) in [5.41, 5.74) is 4.96. The molecular formula is C24H24N4O3. The first kappa shape index (κ1) is 20.4. The van der Waals surface area contributed by atoms with Crippen LogP contribution in [0.25, 0.3) is 5.70 Å². The molecule has 0 radical (unpaired) electrons. The molecular weight excluding hydrogens is 392 g/mol. The Labute approximate surface area is 181 Å². The number of nitrogens with one attached hydrogen (secondary N) is 1. The van der Waals surface area contributed by atoms with Gasteiger partial charge in [-0.1, -0.05) is 13.0 Å². The van der Waals surface area contributed by atoms with Gasteiger partial charge >= 0.3 is 5.97 Å². The second-order valence-corrected chi connectivity index (χ2v) is 7.48. The van der Waals surface area contributed by atoms with Crippen LogP contribution >= 0.6 is 0 Å². The van der Waals surface area contributed by atoms with Crippen LogP contribution in [0.5, 0.6) is 0 Å². The molecule has 4 rings (SSSR count). The van der Waals surface area contributed by atoms with Gasteiger partial charge in [0.05, 0.1) is 29.8 Å². The minimum absolute atomic E-state index is 0.228. The summed E-state index contributed by atoms with van der Waals surface area (Å²) in [6.07, 6.45) is 10.8. The van der Waals surface area contributed by atoms with Crippen LogP contribution in [0.2, 0.25) is 0 Å². The number of allylic oxidation sites excluding steroid dienone is 4. The van der Waals surface area contributed by atoms with Crippen molar-refractivity contribution in [2.45, 2.75) is 20.3 Å². The lowest BCUT2D eigenvalue weighted by atomic mass is 9.96. The van der Waals surface area contributed by atoms with Crippen molar-refractivity contribution in [2.75, 3.05) is 12.4 Å². The van der Waals surface area contributed by atoms with Gasteiger partial charge in [0.2, 0.25) is 5.95 Å². The van der Waals surface area contributed by atoms with Gasteiger partial charge in [-0.25, -0.2) is 14.8 Å². The number of hydrogen-bond acceptors (Lipinski definition) is 6.